The van der Waals surface area contributed by atoms with Gasteiger partial charge < -0.3 is 15.6 Å². The quantitative estimate of drug-likeness (QED) is 0.735. The number of hydrogen-bond donors (Lipinski definition) is 2. The van der Waals surface area contributed by atoms with Crippen LogP contribution in [-0.2, 0) is 13.1 Å². The number of carbonyl (C=O) groups is 1. The van der Waals surface area contributed by atoms with Crippen molar-refractivity contribution in [1.82, 2.24) is 24.6 Å². The average molecular weight is 276 g/mol. The molecule has 0 spiro atoms. The summed E-state index contributed by atoms with van der Waals surface area (Å²) in [6, 6.07) is 0. The molecule has 0 aliphatic rings. The molecule has 2 heterocycles. The van der Waals surface area contributed by atoms with Crippen molar-refractivity contribution in [2.75, 3.05) is 12.3 Å². The molecular formula is C13H20N6O. The minimum absolute atomic E-state index is 0.211. The Hall–Kier alpha value is -2.31. The van der Waals surface area contributed by atoms with E-state index in [9.17, 15) is 4.79 Å². The molecule has 0 atom stereocenters. The highest BCUT2D eigenvalue weighted by Gasteiger charge is 2.13. The van der Waals surface area contributed by atoms with E-state index in [-0.39, 0.29) is 5.91 Å². The number of nitrogens with two attached hydrogens (primary N) is 1. The number of nitrogen functional groups attached to an aromatic ring is 1. The van der Waals surface area contributed by atoms with Crippen LogP contribution in [0.1, 0.15) is 30.3 Å². The zero-order chi connectivity index (χ0) is 14.4. The number of nitrogens with one attached hydrogen (secondary N) is 1. The van der Waals surface area contributed by atoms with Gasteiger partial charge in [0.15, 0.2) is 5.69 Å². The van der Waals surface area contributed by atoms with Crippen molar-refractivity contribution >= 4 is 11.6 Å². The summed E-state index contributed by atoms with van der Waals surface area (Å²) in [6.45, 7) is 4.17. The maximum Gasteiger partial charge on any atom is 0.273 e. The molecule has 0 saturated carbocycles. The highest BCUT2D eigenvalue weighted by atomic mass is 16.1. The first-order valence-electron chi connectivity index (χ1n) is 6.77. The van der Waals surface area contributed by atoms with E-state index in [0.717, 1.165) is 19.4 Å². The largest absolute Gasteiger partial charge is 0.396 e. The van der Waals surface area contributed by atoms with Crippen LogP contribution in [0.4, 0.5) is 5.69 Å². The van der Waals surface area contributed by atoms with E-state index in [1.807, 2.05) is 17.7 Å². The van der Waals surface area contributed by atoms with Gasteiger partial charge in [-0.25, -0.2) is 4.98 Å². The third-order valence-electron chi connectivity index (χ3n) is 3.02. The van der Waals surface area contributed by atoms with Crippen LogP contribution in [0.15, 0.2) is 24.9 Å². The molecule has 20 heavy (non-hydrogen) atoms. The Morgan fingerprint density at radius 3 is 2.95 bits per heavy atom. The van der Waals surface area contributed by atoms with Gasteiger partial charge in [0.05, 0.1) is 12.0 Å². The molecule has 7 nitrogen and oxygen atoms in total. The molecule has 0 saturated heterocycles. The fourth-order valence-electron chi connectivity index (χ4n) is 1.90. The number of unbranched alkanes of at least 4 members (excludes halogenated alkanes) is 1. The van der Waals surface area contributed by atoms with Gasteiger partial charge in [0.25, 0.3) is 5.91 Å². The number of hydrogen-bond acceptors (Lipinski definition) is 4. The van der Waals surface area contributed by atoms with Crippen molar-refractivity contribution in [2.45, 2.75) is 32.9 Å². The van der Waals surface area contributed by atoms with E-state index >= 15 is 0 Å². The minimum Gasteiger partial charge on any atom is -0.396 e. The highest BCUT2D eigenvalue weighted by Crippen LogP contribution is 2.08. The topological polar surface area (TPSA) is 90.8 Å². The van der Waals surface area contributed by atoms with Crippen LogP contribution < -0.4 is 11.1 Å². The van der Waals surface area contributed by atoms with Crippen LogP contribution in [0.3, 0.4) is 0 Å². The first-order chi connectivity index (χ1) is 9.70. The van der Waals surface area contributed by atoms with Crippen LogP contribution in [0.25, 0.3) is 0 Å². The molecule has 0 aliphatic carbocycles. The zero-order valence-corrected chi connectivity index (χ0v) is 11.6. The molecule has 2 aromatic rings. The lowest BCUT2D eigenvalue weighted by Gasteiger charge is -2.04. The summed E-state index contributed by atoms with van der Waals surface area (Å²) < 4.78 is 3.67. The number of aromatic nitrogens is 4. The minimum atomic E-state index is -0.211. The molecule has 7 heteroatoms. The molecule has 2 aromatic heterocycles. The van der Waals surface area contributed by atoms with Gasteiger partial charge in [-0.2, -0.15) is 5.10 Å². The van der Waals surface area contributed by atoms with Crippen LogP contribution in [0.2, 0.25) is 0 Å². The van der Waals surface area contributed by atoms with Crippen molar-refractivity contribution in [3.63, 3.8) is 0 Å². The van der Waals surface area contributed by atoms with E-state index in [1.165, 1.54) is 0 Å². The molecule has 0 unspecified atom stereocenters. The fraction of sp³-hybridized carbons (Fsp3) is 0.462. The number of anilines is 1. The highest BCUT2D eigenvalue weighted by molar-refractivity contribution is 5.96. The Kier molecular flexibility index (Phi) is 4.75. The van der Waals surface area contributed by atoms with Gasteiger partial charge in [0.2, 0.25) is 0 Å². The fourth-order valence-corrected chi connectivity index (χ4v) is 1.90. The summed E-state index contributed by atoms with van der Waals surface area (Å²) >= 11 is 0. The Morgan fingerprint density at radius 1 is 1.45 bits per heavy atom. The third-order valence-corrected chi connectivity index (χ3v) is 3.02. The molecule has 3 N–H and O–H groups in total. The van der Waals surface area contributed by atoms with Crippen molar-refractivity contribution in [3.8, 4) is 0 Å². The van der Waals surface area contributed by atoms with Crippen LogP contribution in [0.5, 0.6) is 0 Å². The molecule has 0 radical (unpaired) electrons. The molecule has 0 fully saturated rings. The van der Waals surface area contributed by atoms with Gasteiger partial charge in [-0.1, -0.05) is 0 Å². The predicted molar refractivity (Wildman–Crippen MR) is 76.1 cm³/mol. The van der Waals surface area contributed by atoms with Gasteiger partial charge in [0.1, 0.15) is 0 Å². The summed E-state index contributed by atoms with van der Waals surface area (Å²) in [4.78, 5) is 15.9. The average Bonchev–Trinajstić information content (AvgIpc) is 3.07. The summed E-state index contributed by atoms with van der Waals surface area (Å²) in [5, 5.41) is 6.97. The first kappa shape index (κ1) is 14.1. The van der Waals surface area contributed by atoms with Crippen molar-refractivity contribution in [1.29, 1.82) is 0 Å². The van der Waals surface area contributed by atoms with Gasteiger partial charge >= 0.3 is 0 Å². The lowest BCUT2D eigenvalue weighted by atomic mass is 10.3. The zero-order valence-electron chi connectivity index (χ0n) is 11.6. The van der Waals surface area contributed by atoms with E-state index in [4.69, 9.17) is 5.73 Å². The summed E-state index contributed by atoms with van der Waals surface area (Å²) in [6.07, 6.45) is 9.03. The Morgan fingerprint density at radius 2 is 2.30 bits per heavy atom. The van der Waals surface area contributed by atoms with Crippen LogP contribution >= 0.6 is 0 Å². The Labute approximate surface area is 117 Å². The number of nitrogens with zero attached hydrogens (tertiary/aromatic N) is 4. The van der Waals surface area contributed by atoms with Gasteiger partial charge in [0, 0.05) is 38.2 Å². The molecule has 0 bridgehead atoms. The maximum atomic E-state index is 11.9. The number of carbonyl (C=O) groups excluding carboxylic acids is 1. The van der Waals surface area contributed by atoms with Crippen LogP contribution in [0, 0.1) is 0 Å². The monoisotopic (exact) mass is 276 g/mol. The van der Waals surface area contributed by atoms with Crippen molar-refractivity contribution in [3.05, 3.63) is 30.6 Å². The summed E-state index contributed by atoms with van der Waals surface area (Å²) in [5.74, 6) is -0.211. The molecule has 1 amide bonds. The smallest absolute Gasteiger partial charge is 0.273 e. The van der Waals surface area contributed by atoms with Gasteiger partial charge in [-0.3, -0.25) is 9.48 Å². The van der Waals surface area contributed by atoms with Gasteiger partial charge in [-0.05, 0) is 19.8 Å². The lowest BCUT2D eigenvalue weighted by Crippen LogP contribution is -2.26. The number of rotatable bonds is 7. The molecular weight excluding hydrogens is 256 g/mol. The standard InChI is InChI=1S/C13H20N6O/c1-2-19-9-11(14)12(17-19)13(20)16-5-3-4-7-18-8-6-15-10-18/h6,8-10H,2-5,7,14H2,1H3,(H,16,20). The number of aryl methyl sites for hydroxylation is 2. The molecule has 0 aliphatic heterocycles. The molecule has 0 aromatic carbocycles. The SMILES string of the molecule is CCn1cc(N)c(C(=O)NCCCCn2ccnc2)n1. The number of imidazole rings is 1. The first-order valence-corrected chi connectivity index (χ1v) is 6.77. The second-order valence-electron chi connectivity index (χ2n) is 4.55. The molecule has 108 valence electrons. The normalized spacial score (nSPS) is 10.7. The second-order valence-corrected chi connectivity index (χ2v) is 4.55. The Bertz CT molecular complexity index is 545. The van der Waals surface area contributed by atoms with E-state index in [1.54, 1.807) is 23.4 Å². The molecule has 2 rings (SSSR count). The van der Waals surface area contributed by atoms with E-state index in [2.05, 4.69) is 15.4 Å². The van der Waals surface area contributed by atoms with Crippen molar-refractivity contribution in [2.24, 2.45) is 0 Å². The number of amides is 1. The predicted octanol–water partition coefficient (Wildman–Crippen LogP) is 0.892. The van der Waals surface area contributed by atoms with E-state index in [0.29, 0.717) is 24.5 Å². The second kappa shape index (κ2) is 6.74. The summed E-state index contributed by atoms with van der Waals surface area (Å²) in [7, 11) is 0. The Balaban J connectivity index is 1.70. The van der Waals surface area contributed by atoms with Gasteiger partial charge in [-0.15, -0.1) is 0 Å². The van der Waals surface area contributed by atoms with E-state index < -0.39 is 0 Å². The summed E-state index contributed by atoms with van der Waals surface area (Å²) in [5.41, 5.74) is 6.48. The maximum absolute atomic E-state index is 11.9. The van der Waals surface area contributed by atoms with Crippen molar-refractivity contribution < 1.29 is 4.79 Å². The lowest BCUT2D eigenvalue weighted by molar-refractivity contribution is 0.0948. The third kappa shape index (κ3) is 3.59. The van der Waals surface area contributed by atoms with Crippen LogP contribution in [-0.4, -0.2) is 31.8 Å².